The Morgan fingerprint density at radius 1 is 1.33 bits per heavy atom. The Bertz CT molecular complexity index is 588. The van der Waals surface area contributed by atoms with Crippen LogP contribution in [0.2, 0.25) is 0 Å². The van der Waals surface area contributed by atoms with Crippen LogP contribution in [0, 0.1) is 18.8 Å². The molecule has 0 spiro atoms. The van der Waals surface area contributed by atoms with Crippen molar-refractivity contribution in [2.24, 2.45) is 11.8 Å². The van der Waals surface area contributed by atoms with E-state index < -0.39 is 10.0 Å². The quantitative estimate of drug-likeness (QED) is 0.884. The summed E-state index contributed by atoms with van der Waals surface area (Å²) in [5.74, 6) is 0.861. The lowest BCUT2D eigenvalue weighted by Crippen LogP contribution is -2.37. The lowest BCUT2D eigenvalue weighted by Gasteiger charge is -2.19. The molecule has 7 heteroatoms. The van der Waals surface area contributed by atoms with Crippen molar-refractivity contribution in [3.05, 3.63) is 15.4 Å². The van der Waals surface area contributed by atoms with Crippen LogP contribution < -0.4 is 9.60 Å². The van der Waals surface area contributed by atoms with E-state index in [1.54, 1.807) is 6.92 Å². The predicted molar refractivity (Wildman–Crippen MR) is 71.3 cm³/mol. The van der Waals surface area contributed by atoms with Gasteiger partial charge in [0.25, 0.3) is 10.0 Å². The van der Waals surface area contributed by atoms with Crippen molar-refractivity contribution in [1.82, 2.24) is 9.71 Å². The van der Waals surface area contributed by atoms with Crippen LogP contribution in [0.3, 0.4) is 0 Å². The Hall–Kier alpha value is -0.660. The van der Waals surface area contributed by atoms with Crippen LogP contribution in [0.15, 0.2) is 9.00 Å². The van der Waals surface area contributed by atoms with Crippen molar-refractivity contribution in [2.45, 2.75) is 43.9 Å². The second kappa shape index (κ2) is 4.79. The van der Waals surface area contributed by atoms with Gasteiger partial charge in [0.2, 0.25) is 0 Å². The van der Waals surface area contributed by atoms with Crippen molar-refractivity contribution in [3.63, 3.8) is 0 Å². The SMILES string of the molecule is Cc1[nH]c(=O)sc1S(=O)(=O)NC1CCC(C)C1C. The van der Waals surface area contributed by atoms with Gasteiger partial charge in [0.15, 0.2) is 4.21 Å². The Labute approximate surface area is 111 Å². The summed E-state index contributed by atoms with van der Waals surface area (Å²) >= 11 is 0.745. The van der Waals surface area contributed by atoms with Crippen molar-refractivity contribution in [2.75, 3.05) is 0 Å². The molecule has 1 aliphatic carbocycles. The molecule has 1 heterocycles. The van der Waals surface area contributed by atoms with Gasteiger partial charge in [-0.05, 0) is 31.6 Å². The van der Waals surface area contributed by atoms with Crippen LogP contribution in [0.25, 0.3) is 0 Å². The lowest BCUT2D eigenvalue weighted by atomic mass is 9.98. The molecule has 0 bridgehead atoms. The number of hydrogen-bond acceptors (Lipinski definition) is 4. The Morgan fingerprint density at radius 3 is 2.44 bits per heavy atom. The fourth-order valence-electron chi connectivity index (χ4n) is 2.43. The Morgan fingerprint density at radius 2 is 2.00 bits per heavy atom. The van der Waals surface area contributed by atoms with E-state index in [1.165, 1.54) is 0 Å². The first kappa shape index (κ1) is 13.8. The van der Waals surface area contributed by atoms with Crippen LogP contribution >= 0.6 is 11.3 Å². The summed E-state index contributed by atoms with van der Waals surface area (Å²) < 4.78 is 27.3. The number of aryl methyl sites for hydroxylation is 1. The largest absolute Gasteiger partial charge is 0.315 e. The van der Waals surface area contributed by atoms with E-state index in [0.29, 0.717) is 17.5 Å². The van der Waals surface area contributed by atoms with Gasteiger partial charge >= 0.3 is 4.87 Å². The third-order valence-corrected chi connectivity index (χ3v) is 6.89. The molecule has 0 aliphatic heterocycles. The zero-order chi connectivity index (χ0) is 13.5. The van der Waals surface area contributed by atoms with Gasteiger partial charge in [-0.15, -0.1) is 0 Å². The topological polar surface area (TPSA) is 79.0 Å². The number of H-pyrrole nitrogens is 1. The van der Waals surface area contributed by atoms with Crippen molar-refractivity contribution in [3.8, 4) is 0 Å². The molecule has 1 aromatic heterocycles. The highest BCUT2D eigenvalue weighted by atomic mass is 32.2. The molecule has 1 aliphatic rings. The maximum absolute atomic E-state index is 12.2. The summed E-state index contributed by atoms with van der Waals surface area (Å²) in [7, 11) is -3.57. The summed E-state index contributed by atoms with van der Waals surface area (Å²) in [4.78, 5) is 13.4. The first-order valence-electron chi connectivity index (χ1n) is 6.03. The summed E-state index contributed by atoms with van der Waals surface area (Å²) in [6.07, 6.45) is 1.90. The van der Waals surface area contributed by atoms with E-state index in [2.05, 4.69) is 23.6 Å². The molecule has 2 rings (SSSR count). The van der Waals surface area contributed by atoms with Gasteiger partial charge in [-0.1, -0.05) is 25.2 Å². The number of thiazole rings is 1. The van der Waals surface area contributed by atoms with Gasteiger partial charge in [-0.2, -0.15) is 0 Å². The van der Waals surface area contributed by atoms with E-state index in [4.69, 9.17) is 0 Å². The Kier molecular flexibility index (Phi) is 3.66. The molecular formula is C11H18N2O3S2. The summed E-state index contributed by atoms with van der Waals surface area (Å²) in [5, 5.41) is 0. The number of sulfonamides is 1. The molecule has 2 N–H and O–H groups in total. The second-order valence-electron chi connectivity index (χ2n) is 5.07. The first-order chi connectivity index (χ1) is 8.31. The smallest absolute Gasteiger partial charge is 0.305 e. The molecule has 0 radical (unpaired) electrons. The Balaban J connectivity index is 2.23. The molecule has 18 heavy (non-hydrogen) atoms. The van der Waals surface area contributed by atoms with E-state index in [9.17, 15) is 13.2 Å². The highest BCUT2D eigenvalue weighted by Gasteiger charge is 2.34. The standard InChI is InChI=1S/C11H18N2O3S2/c1-6-4-5-9(7(6)2)13-18(15,16)10-8(3)12-11(14)17-10/h6-7,9,13H,4-5H2,1-3H3,(H,12,14). The fourth-order valence-corrected chi connectivity index (χ4v) is 5.11. The zero-order valence-electron chi connectivity index (χ0n) is 10.7. The highest BCUT2D eigenvalue weighted by molar-refractivity contribution is 7.91. The second-order valence-corrected chi connectivity index (χ2v) is 7.96. The molecule has 5 nitrogen and oxygen atoms in total. The van der Waals surface area contributed by atoms with Gasteiger partial charge < -0.3 is 4.98 Å². The lowest BCUT2D eigenvalue weighted by molar-refractivity contribution is 0.402. The van der Waals surface area contributed by atoms with Crippen LogP contribution in [0.4, 0.5) is 0 Å². The van der Waals surface area contributed by atoms with Crippen molar-refractivity contribution >= 4 is 21.4 Å². The molecule has 1 saturated carbocycles. The first-order valence-corrected chi connectivity index (χ1v) is 8.33. The third-order valence-electron chi connectivity index (χ3n) is 3.80. The maximum Gasteiger partial charge on any atom is 0.305 e. The van der Waals surface area contributed by atoms with Gasteiger partial charge in [-0.25, -0.2) is 13.1 Å². The van der Waals surface area contributed by atoms with Crippen LogP contribution in [-0.2, 0) is 10.0 Å². The van der Waals surface area contributed by atoms with E-state index in [0.717, 1.165) is 24.2 Å². The van der Waals surface area contributed by atoms with Gasteiger partial charge in [0.1, 0.15) is 0 Å². The predicted octanol–water partition coefficient (Wildman–Crippen LogP) is 1.46. The van der Waals surface area contributed by atoms with Crippen LogP contribution in [0.5, 0.6) is 0 Å². The number of aromatic amines is 1. The molecule has 1 fully saturated rings. The normalized spacial score (nSPS) is 28.7. The molecule has 0 aromatic carbocycles. The fraction of sp³-hybridized carbons (Fsp3) is 0.727. The maximum atomic E-state index is 12.2. The number of aromatic nitrogens is 1. The molecule has 102 valence electrons. The average Bonchev–Trinajstić information content (AvgIpc) is 2.75. The van der Waals surface area contributed by atoms with Gasteiger partial charge in [0, 0.05) is 11.7 Å². The average molecular weight is 290 g/mol. The number of rotatable bonds is 3. The minimum Gasteiger partial charge on any atom is -0.315 e. The van der Waals surface area contributed by atoms with E-state index in [-0.39, 0.29) is 15.1 Å². The molecular weight excluding hydrogens is 272 g/mol. The molecule has 0 saturated heterocycles. The highest BCUT2D eigenvalue weighted by Crippen LogP contribution is 2.32. The van der Waals surface area contributed by atoms with Crippen molar-refractivity contribution in [1.29, 1.82) is 0 Å². The monoisotopic (exact) mass is 290 g/mol. The summed E-state index contributed by atoms with van der Waals surface area (Å²) in [6, 6.07) is -0.0263. The summed E-state index contributed by atoms with van der Waals surface area (Å²) in [5.41, 5.74) is 0.413. The number of hydrogen-bond donors (Lipinski definition) is 2. The van der Waals surface area contributed by atoms with Crippen LogP contribution in [-0.4, -0.2) is 19.4 Å². The molecule has 3 atom stereocenters. The molecule has 1 aromatic rings. The third kappa shape index (κ3) is 2.53. The minimum atomic E-state index is -3.57. The number of nitrogens with one attached hydrogen (secondary N) is 2. The van der Waals surface area contributed by atoms with Gasteiger partial charge in [-0.3, -0.25) is 4.79 Å². The van der Waals surface area contributed by atoms with Gasteiger partial charge in [0.05, 0.1) is 0 Å². The zero-order valence-corrected chi connectivity index (χ0v) is 12.3. The minimum absolute atomic E-state index is 0.0263. The van der Waals surface area contributed by atoms with Crippen molar-refractivity contribution < 1.29 is 8.42 Å². The van der Waals surface area contributed by atoms with E-state index in [1.807, 2.05) is 0 Å². The molecule has 0 amide bonds. The van der Waals surface area contributed by atoms with E-state index >= 15 is 0 Å². The van der Waals surface area contributed by atoms with Crippen LogP contribution in [0.1, 0.15) is 32.4 Å². The summed E-state index contributed by atoms with van der Waals surface area (Å²) in [6.45, 7) is 5.81. The molecule has 3 unspecified atom stereocenters.